The molecule has 1 aliphatic rings. The van der Waals surface area contributed by atoms with Gasteiger partial charge in [0.1, 0.15) is 5.84 Å². The highest BCUT2D eigenvalue weighted by atomic mass is 19.1. The van der Waals surface area contributed by atoms with Crippen molar-refractivity contribution in [2.45, 2.75) is 38.1 Å². The van der Waals surface area contributed by atoms with E-state index in [1.54, 1.807) is 0 Å². The maximum absolute atomic E-state index is 13.0. The summed E-state index contributed by atoms with van der Waals surface area (Å²) in [6.45, 7) is 0. The second kappa shape index (κ2) is 7.53. The Labute approximate surface area is 128 Å². The lowest BCUT2D eigenvalue weighted by molar-refractivity contribution is -0.114. The van der Waals surface area contributed by atoms with Gasteiger partial charge in [-0.15, -0.1) is 0 Å². The van der Waals surface area contributed by atoms with E-state index in [0.29, 0.717) is 11.7 Å². The molecule has 0 bridgehead atoms. The van der Waals surface area contributed by atoms with E-state index in [-0.39, 0.29) is 11.4 Å². The van der Waals surface area contributed by atoms with E-state index in [9.17, 15) is 9.18 Å². The molecule has 0 unspecified atom stereocenters. The largest absolute Gasteiger partial charge is 0.387 e. The molecule has 6 nitrogen and oxygen atoms in total. The number of anilines is 1. The van der Waals surface area contributed by atoms with Gasteiger partial charge >= 0.3 is 0 Å². The van der Waals surface area contributed by atoms with E-state index >= 15 is 0 Å². The van der Waals surface area contributed by atoms with Crippen LogP contribution >= 0.6 is 0 Å². The van der Waals surface area contributed by atoms with Crippen molar-refractivity contribution in [2.75, 3.05) is 5.32 Å². The van der Waals surface area contributed by atoms with Crippen LogP contribution in [0.1, 0.15) is 32.1 Å². The number of nitrogens with zero attached hydrogens (tertiary/aromatic N) is 1. The number of nitrogens with two attached hydrogens (primary N) is 1. The fourth-order valence-electron chi connectivity index (χ4n) is 2.43. The van der Waals surface area contributed by atoms with E-state index in [2.05, 4.69) is 15.6 Å². The minimum absolute atomic E-state index is 0.0304. The predicted octanol–water partition coefficient (Wildman–Crippen LogP) is 1.90. The molecule has 1 aliphatic carbocycles. The first-order valence-corrected chi connectivity index (χ1v) is 7.30. The van der Waals surface area contributed by atoms with Crippen LogP contribution < -0.4 is 16.4 Å². The highest BCUT2D eigenvalue weighted by Crippen LogP contribution is 2.17. The average Bonchev–Trinajstić information content (AvgIpc) is 2.48. The number of carbonyl (C=O) groups excluding carboxylic acids is 1. The number of aromatic nitrogens is 1. The number of nitrogens with one attached hydrogen (secondary N) is 3. The van der Waals surface area contributed by atoms with Crippen LogP contribution in [0.15, 0.2) is 30.1 Å². The Morgan fingerprint density at radius 2 is 2.14 bits per heavy atom. The molecule has 7 heteroatoms. The summed E-state index contributed by atoms with van der Waals surface area (Å²) in [5.74, 6) is -1.56. The van der Waals surface area contributed by atoms with Gasteiger partial charge in [0.05, 0.1) is 5.57 Å². The number of halogens is 1. The summed E-state index contributed by atoms with van der Waals surface area (Å²) in [6.07, 6.45) is 8.38. The summed E-state index contributed by atoms with van der Waals surface area (Å²) in [6, 6.07) is 2.95. The molecule has 1 fully saturated rings. The molecular formula is C15H20FN5O. The third kappa shape index (κ3) is 4.54. The third-order valence-corrected chi connectivity index (χ3v) is 3.60. The van der Waals surface area contributed by atoms with Gasteiger partial charge in [-0.1, -0.05) is 19.3 Å². The zero-order valence-electron chi connectivity index (χ0n) is 12.2. The lowest BCUT2D eigenvalue weighted by Crippen LogP contribution is -2.31. The van der Waals surface area contributed by atoms with Gasteiger partial charge in [-0.2, -0.15) is 4.39 Å². The number of rotatable bonds is 5. The summed E-state index contributed by atoms with van der Waals surface area (Å²) in [5.41, 5.74) is 5.69. The number of hydrogen-bond acceptors (Lipinski definition) is 4. The summed E-state index contributed by atoms with van der Waals surface area (Å²) in [5, 5.41) is 13.7. The van der Waals surface area contributed by atoms with Crippen LogP contribution in [0, 0.1) is 11.4 Å². The fraction of sp³-hybridized carbons (Fsp3) is 0.400. The van der Waals surface area contributed by atoms with Crippen LogP contribution in [-0.2, 0) is 4.79 Å². The van der Waals surface area contributed by atoms with Crippen molar-refractivity contribution >= 4 is 17.4 Å². The molecule has 1 heterocycles. The van der Waals surface area contributed by atoms with Crippen molar-refractivity contribution < 1.29 is 9.18 Å². The topological polar surface area (TPSA) is 104 Å². The maximum atomic E-state index is 13.0. The lowest BCUT2D eigenvalue weighted by Gasteiger charge is -2.22. The zero-order chi connectivity index (χ0) is 15.9. The standard InChI is InChI=1S/C15H20FN5O/c16-13-8-11(6-7-19-13)21-14(17)12(15(18)22)9-20-10-4-2-1-3-5-10/h6-10,20H,1-5H2,(H2,18,22)(H2,17,19,21)/b12-9+. The minimum atomic E-state index is -0.713. The number of primary amides is 1. The van der Waals surface area contributed by atoms with Gasteiger partial charge in [0, 0.05) is 30.2 Å². The number of hydrogen-bond donors (Lipinski definition) is 4. The quantitative estimate of drug-likeness (QED) is 0.289. The first kappa shape index (κ1) is 15.9. The molecule has 1 aromatic heterocycles. The smallest absolute Gasteiger partial charge is 0.253 e. The number of pyridine rings is 1. The molecular weight excluding hydrogens is 285 g/mol. The SMILES string of the molecule is N=C(Nc1ccnc(F)c1)/C(=C\NC1CCCCC1)C(N)=O. The van der Waals surface area contributed by atoms with Crippen LogP contribution in [0.4, 0.5) is 10.1 Å². The Kier molecular flexibility index (Phi) is 5.46. The van der Waals surface area contributed by atoms with Gasteiger partial charge in [0.2, 0.25) is 5.95 Å². The monoisotopic (exact) mass is 305 g/mol. The molecule has 0 atom stereocenters. The van der Waals surface area contributed by atoms with E-state index in [4.69, 9.17) is 11.1 Å². The summed E-state index contributed by atoms with van der Waals surface area (Å²) in [7, 11) is 0. The lowest BCUT2D eigenvalue weighted by atomic mass is 9.95. The van der Waals surface area contributed by atoms with E-state index < -0.39 is 11.9 Å². The maximum Gasteiger partial charge on any atom is 0.253 e. The molecule has 5 N–H and O–H groups in total. The minimum Gasteiger partial charge on any atom is -0.387 e. The van der Waals surface area contributed by atoms with Crippen LogP contribution in [0.5, 0.6) is 0 Å². The number of amides is 1. The third-order valence-electron chi connectivity index (χ3n) is 3.60. The molecule has 1 aromatic rings. The Bertz CT molecular complexity index is 581. The molecule has 2 rings (SSSR count). The summed E-state index contributed by atoms with van der Waals surface area (Å²) in [4.78, 5) is 14.9. The van der Waals surface area contributed by atoms with Crippen LogP contribution in [0.3, 0.4) is 0 Å². The molecule has 1 saturated carbocycles. The highest BCUT2D eigenvalue weighted by molar-refractivity contribution is 6.23. The van der Waals surface area contributed by atoms with Crippen molar-refractivity contribution in [1.29, 1.82) is 5.41 Å². The first-order chi connectivity index (χ1) is 10.6. The zero-order valence-corrected chi connectivity index (χ0v) is 12.2. The molecule has 1 amide bonds. The van der Waals surface area contributed by atoms with Crippen LogP contribution in [-0.4, -0.2) is 22.8 Å². The molecule has 118 valence electrons. The molecule has 0 radical (unpaired) electrons. The van der Waals surface area contributed by atoms with Crippen molar-refractivity contribution in [2.24, 2.45) is 5.73 Å². The van der Waals surface area contributed by atoms with Gasteiger partial charge in [0.25, 0.3) is 5.91 Å². The first-order valence-electron chi connectivity index (χ1n) is 7.30. The van der Waals surface area contributed by atoms with Gasteiger partial charge in [-0.3, -0.25) is 10.2 Å². The Morgan fingerprint density at radius 3 is 2.77 bits per heavy atom. The fourth-order valence-corrected chi connectivity index (χ4v) is 2.43. The Morgan fingerprint density at radius 1 is 1.41 bits per heavy atom. The number of amidine groups is 1. The van der Waals surface area contributed by atoms with E-state index in [1.807, 2.05) is 0 Å². The van der Waals surface area contributed by atoms with Gasteiger partial charge in [-0.25, -0.2) is 4.98 Å². The summed E-state index contributed by atoms with van der Waals surface area (Å²) >= 11 is 0. The number of carbonyl (C=O) groups is 1. The predicted molar refractivity (Wildman–Crippen MR) is 82.8 cm³/mol. The van der Waals surface area contributed by atoms with Gasteiger partial charge in [-0.05, 0) is 18.9 Å². The normalized spacial score (nSPS) is 16.1. The summed E-state index contributed by atoms with van der Waals surface area (Å²) < 4.78 is 13.0. The van der Waals surface area contributed by atoms with Crippen molar-refractivity contribution in [1.82, 2.24) is 10.3 Å². The molecule has 22 heavy (non-hydrogen) atoms. The highest BCUT2D eigenvalue weighted by Gasteiger charge is 2.15. The van der Waals surface area contributed by atoms with Crippen molar-refractivity contribution in [3.05, 3.63) is 36.1 Å². The Hall–Kier alpha value is -2.44. The van der Waals surface area contributed by atoms with Crippen molar-refractivity contribution in [3.8, 4) is 0 Å². The van der Waals surface area contributed by atoms with Crippen LogP contribution in [0.2, 0.25) is 0 Å². The molecule has 0 aromatic carbocycles. The van der Waals surface area contributed by atoms with E-state index in [1.165, 1.54) is 24.9 Å². The average molecular weight is 305 g/mol. The van der Waals surface area contributed by atoms with Crippen LogP contribution in [0.25, 0.3) is 0 Å². The molecule has 0 spiro atoms. The second-order valence-electron chi connectivity index (χ2n) is 5.29. The van der Waals surface area contributed by atoms with E-state index in [0.717, 1.165) is 31.7 Å². The second-order valence-corrected chi connectivity index (χ2v) is 5.29. The molecule has 0 aliphatic heterocycles. The van der Waals surface area contributed by atoms with Gasteiger partial charge in [0.15, 0.2) is 0 Å². The Balaban J connectivity index is 2.03. The van der Waals surface area contributed by atoms with Gasteiger partial charge < -0.3 is 16.4 Å². The molecule has 0 saturated heterocycles. The van der Waals surface area contributed by atoms with Crippen molar-refractivity contribution in [3.63, 3.8) is 0 Å².